The highest BCUT2D eigenvalue weighted by Crippen LogP contribution is 2.25. The average molecular weight is 720 g/mol. The fourth-order valence-electron chi connectivity index (χ4n) is 4.60. The number of alkyl halides is 6. The number of ether oxygens (including phenoxy) is 1. The normalized spacial score (nSPS) is 14.8. The van der Waals surface area contributed by atoms with E-state index < -0.39 is 96.9 Å². The second kappa shape index (κ2) is 18.2. The van der Waals surface area contributed by atoms with Crippen LogP contribution in [-0.2, 0) is 36.8 Å². The van der Waals surface area contributed by atoms with Gasteiger partial charge in [0.25, 0.3) is 0 Å². The van der Waals surface area contributed by atoms with Gasteiger partial charge in [0, 0.05) is 12.8 Å². The zero-order valence-corrected chi connectivity index (χ0v) is 27.2. The van der Waals surface area contributed by atoms with Gasteiger partial charge in [-0.25, -0.2) is 0 Å². The highest BCUT2D eigenvalue weighted by molar-refractivity contribution is 5.94. The Morgan fingerprint density at radius 2 is 1.38 bits per heavy atom. The minimum Gasteiger partial charge on any atom is -0.406 e. The molecule has 0 saturated heterocycles. The van der Waals surface area contributed by atoms with Crippen molar-refractivity contribution in [2.24, 2.45) is 11.7 Å². The van der Waals surface area contributed by atoms with Crippen molar-refractivity contribution in [1.82, 2.24) is 21.3 Å². The van der Waals surface area contributed by atoms with Gasteiger partial charge in [-0.05, 0) is 42.5 Å². The number of benzene rings is 2. The fraction of sp³-hybridized carbons (Fsp3) is 0.469. The molecule has 18 heteroatoms. The van der Waals surface area contributed by atoms with Gasteiger partial charge in [-0.3, -0.25) is 24.0 Å². The maximum absolute atomic E-state index is 13.4. The number of hydrogen-bond donors (Lipinski definition) is 6. The van der Waals surface area contributed by atoms with E-state index in [9.17, 15) is 55.4 Å². The summed E-state index contributed by atoms with van der Waals surface area (Å²) in [5, 5.41) is 19.1. The van der Waals surface area contributed by atoms with Crippen molar-refractivity contribution < 1.29 is 60.2 Å². The number of primary amides is 1. The lowest BCUT2D eigenvalue weighted by Crippen LogP contribution is -2.59. The van der Waals surface area contributed by atoms with E-state index >= 15 is 0 Å². The molecule has 1 unspecified atom stereocenters. The maximum atomic E-state index is 13.4. The Morgan fingerprint density at radius 1 is 0.780 bits per heavy atom. The highest BCUT2D eigenvalue weighted by Gasteiger charge is 2.44. The molecule has 0 bridgehead atoms. The summed E-state index contributed by atoms with van der Waals surface area (Å²) in [5.74, 6) is -5.48. The van der Waals surface area contributed by atoms with Gasteiger partial charge in [0.05, 0.1) is 12.5 Å². The molecule has 5 amide bonds. The minimum atomic E-state index is -5.15. The Labute approximate surface area is 283 Å². The monoisotopic (exact) mass is 719 g/mol. The molecule has 0 aliphatic rings. The van der Waals surface area contributed by atoms with E-state index in [-0.39, 0.29) is 12.8 Å². The first-order valence-electron chi connectivity index (χ1n) is 15.3. The Hall–Kier alpha value is -4.87. The van der Waals surface area contributed by atoms with Gasteiger partial charge in [0.2, 0.25) is 29.5 Å². The third-order valence-electron chi connectivity index (χ3n) is 7.20. The Balaban J connectivity index is 2.17. The van der Waals surface area contributed by atoms with Crippen LogP contribution in [0.1, 0.15) is 44.7 Å². The molecule has 5 atom stereocenters. The van der Waals surface area contributed by atoms with Gasteiger partial charge < -0.3 is 36.8 Å². The number of nitrogens with one attached hydrogen (secondary N) is 4. The lowest BCUT2D eigenvalue weighted by atomic mass is 10.00. The Bertz CT molecular complexity index is 1460. The molecular formula is C32H39F6N5O7. The van der Waals surface area contributed by atoms with Gasteiger partial charge in [-0.15, -0.1) is 13.2 Å². The largest absolute Gasteiger partial charge is 0.573 e. The summed E-state index contributed by atoms with van der Waals surface area (Å²) in [6.07, 6.45) is -14.7. The van der Waals surface area contributed by atoms with Crippen molar-refractivity contribution in [2.45, 2.75) is 89.3 Å². The topological polar surface area (TPSA) is 189 Å². The zero-order valence-electron chi connectivity index (χ0n) is 27.2. The highest BCUT2D eigenvalue weighted by atomic mass is 19.4. The van der Waals surface area contributed by atoms with E-state index in [2.05, 4.69) is 20.7 Å². The molecule has 50 heavy (non-hydrogen) atoms. The molecular weight excluding hydrogens is 680 g/mol. The van der Waals surface area contributed by atoms with Gasteiger partial charge in [-0.2, -0.15) is 13.2 Å². The molecule has 0 aromatic heterocycles. The van der Waals surface area contributed by atoms with Crippen molar-refractivity contribution in [1.29, 1.82) is 0 Å². The third-order valence-corrected chi connectivity index (χ3v) is 7.20. The standard InChI is InChI=1S/C32H39F6N5O7/c1-17(2)26(43-25(45)16-20-9-11-21(12-10-20)50-32(36,37)38)30(49)42-23(15-19-7-5-4-6-8-19)29(48)40-18(3)28(47)41-22(13-14-24(39)44)27(46)31(33,34)35/h4-12,17-18,22-23,26-27,46H,13-16H2,1-3H3,(H2,39,44)(H,40,48)(H,41,47)(H,42,49)(H,43,45)/t18-,22+,23-,26-,27?/m0/s1. The molecule has 7 N–H and O–H groups in total. The second-order valence-corrected chi connectivity index (χ2v) is 11.7. The molecule has 0 fully saturated rings. The number of aliphatic hydroxyl groups excluding tert-OH is 1. The quantitative estimate of drug-likeness (QED) is 0.135. The van der Waals surface area contributed by atoms with Crippen molar-refractivity contribution in [3.63, 3.8) is 0 Å². The second-order valence-electron chi connectivity index (χ2n) is 11.7. The first-order valence-corrected chi connectivity index (χ1v) is 15.3. The van der Waals surface area contributed by atoms with Crippen LogP contribution in [0.3, 0.4) is 0 Å². The van der Waals surface area contributed by atoms with E-state index in [1.165, 1.54) is 12.1 Å². The Kier molecular flexibility index (Phi) is 15.0. The third kappa shape index (κ3) is 14.3. The number of rotatable bonds is 17. The number of nitrogens with two attached hydrogens (primary N) is 1. The van der Waals surface area contributed by atoms with Crippen molar-refractivity contribution in [3.05, 3.63) is 65.7 Å². The molecule has 0 heterocycles. The molecule has 0 spiro atoms. The number of amides is 5. The summed E-state index contributed by atoms with van der Waals surface area (Å²) >= 11 is 0. The summed E-state index contributed by atoms with van der Waals surface area (Å²) in [4.78, 5) is 63.6. The van der Waals surface area contributed by atoms with E-state index in [1.807, 2.05) is 5.32 Å². The minimum absolute atomic E-state index is 0.105. The predicted molar refractivity (Wildman–Crippen MR) is 166 cm³/mol. The molecule has 0 aliphatic heterocycles. The van der Waals surface area contributed by atoms with Crippen LogP contribution in [0.5, 0.6) is 5.75 Å². The summed E-state index contributed by atoms with van der Waals surface area (Å²) in [6, 6.07) is 6.87. The van der Waals surface area contributed by atoms with Gasteiger partial charge in [0.15, 0.2) is 6.10 Å². The number of carbonyl (C=O) groups is 5. The van der Waals surface area contributed by atoms with Crippen molar-refractivity contribution in [2.75, 3.05) is 0 Å². The van der Waals surface area contributed by atoms with Crippen LogP contribution in [0.25, 0.3) is 0 Å². The van der Waals surface area contributed by atoms with Crippen LogP contribution in [0.2, 0.25) is 0 Å². The van der Waals surface area contributed by atoms with Crippen LogP contribution in [-0.4, -0.2) is 77.5 Å². The number of hydrogen-bond acceptors (Lipinski definition) is 7. The summed E-state index contributed by atoms with van der Waals surface area (Å²) in [7, 11) is 0. The number of aliphatic hydroxyl groups is 1. The van der Waals surface area contributed by atoms with Crippen LogP contribution in [0.15, 0.2) is 54.6 Å². The predicted octanol–water partition coefficient (Wildman–Crippen LogP) is 2.17. The smallest absolute Gasteiger partial charge is 0.406 e. The zero-order chi connectivity index (χ0) is 37.8. The van der Waals surface area contributed by atoms with E-state index in [1.54, 1.807) is 44.2 Å². The molecule has 0 aliphatic carbocycles. The lowest BCUT2D eigenvalue weighted by molar-refractivity contribution is -0.274. The van der Waals surface area contributed by atoms with E-state index in [0.29, 0.717) is 11.1 Å². The molecule has 12 nitrogen and oxygen atoms in total. The maximum Gasteiger partial charge on any atom is 0.573 e. The van der Waals surface area contributed by atoms with Crippen molar-refractivity contribution >= 4 is 29.5 Å². The van der Waals surface area contributed by atoms with Gasteiger partial charge in [0.1, 0.15) is 23.9 Å². The van der Waals surface area contributed by atoms with Crippen LogP contribution in [0, 0.1) is 5.92 Å². The summed E-state index contributed by atoms with van der Waals surface area (Å²) in [5.41, 5.74) is 5.89. The number of carbonyl (C=O) groups excluding carboxylic acids is 5. The SMILES string of the molecule is CC(C)[C@H](NC(=O)Cc1ccc(OC(F)(F)F)cc1)C(=O)N[C@@H](Cc1ccccc1)C(=O)N[C@@H](C)C(=O)N[C@H](CCC(N)=O)C(O)C(F)(F)F. The fourth-order valence-corrected chi connectivity index (χ4v) is 4.60. The lowest BCUT2D eigenvalue weighted by Gasteiger charge is -2.28. The number of halogens is 6. The Morgan fingerprint density at radius 3 is 1.90 bits per heavy atom. The summed E-state index contributed by atoms with van der Waals surface area (Å²) in [6.45, 7) is 4.37. The first kappa shape index (κ1) is 41.3. The van der Waals surface area contributed by atoms with Crippen LogP contribution >= 0.6 is 0 Å². The van der Waals surface area contributed by atoms with Crippen LogP contribution in [0.4, 0.5) is 26.3 Å². The molecule has 0 saturated carbocycles. The van der Waals surface area contributed by atoms with Gasteiger partial charge in [-0.1, -0.05) is 56.3 Å². The molecule has 2 aromatic carbocycles. The molecule has 2 rings (SSSR count). The average Bonchev–Trinajstić information content (AvgIpc) is 3.01. The first-order chi connectivity index (χ1) is 23.2. The summed E-state index contributed by atoms with van der Waals surface area (Å²) < 4.78 is 80.7. The van der Waals surface area contributed by atoms with Crippen LogP contribution < -0.4 is 31.7 Å². The van der Waals surface area contributed by atoms with E-state index in [4.69, 9.17) is 5.73 Å². The molecule has 276 valence electrons. The molecule has 2 aromatic rings. The van der Waals surface area contributed by atoms with E-state index in [0.717, 1.165) is 19.1 Å². The van der Waals surface area contributed by atoms with Gasteiger partial charge >= 0.3 is 12.5 Å². The van der Waals surface area contributed by atoms with Crippen molar-refractivity contribution in [3.8, 4) is 5.75 Å². The molecule has 0 radical (unpaired) electrons.